The van der Waals surface area contributed by atoms with E-state index in [4.69, 9.17) is 9.47 Å². The zero-order valence-electron chi connectivity index (χ0n) is 12.0. The monoisotopic (exact) mass is 263 g/mol. The van der Waals surface area contributed by atoms with Gasteiger partial charge in [-0.05, 0) is 56.8 Å². The largest absolute Gasteiger partial charge is 0.494 e. The summed E-state index contributed by atoms with van der Waals surface area (Å²) < 4.78 is 11.3. The Labute approximate surface area is 116 Å². The van der Waals surface area contributed by atoms with Crippen LogP contribution in [0.3, 0.4) is 0 Å². The molecule has 1 heterocycles. The molecule has 0 radical (unpaired) electrons. The second-order valence-corrected chi connectivity index (χ2v) is 5.30. The summed E-state index contributed by atoms with van der Waals surface area (Å²) in [6, 6.07) is 8.77. The minimum atomic E-state index is 0.536. The van der Waals surface area contributed by atoms with Crippen molar-refractivity contribution in [1.82, 2.24) is 5.32 Å². The summed E-state index contributed by atoms with van der Waals surface area (Å²) in [5.74, 6) is 1.70. The fraction of sp³-hybridized carbons (Fsp3) is 0.625. The normalized spacial score (nSPS) is 18.2. The number of hydrogen-bond donors (Lipinski definition) is 1. The number of aryl methyl sites for hydroxylation is 1. The van der Waals surface area contributed by atoms with E-state index >= 15 is 0 Å². The van der Waals surface area contributed by atoms with Gasteiger partial charge in [0.05, 0.1) is 6.61 Å². The van der Waals surface area contributed by atoms with E-state index in [9.17, 15) is 0 Å². The van der Waals surface area contributed by atoms with Gasteiger partial charge in [-0.15, -0.1) is 0 Å². The summed E-state index contributed by atoms with van der Waals surface area (Å²) in [6.45, 7) is 4.67. The summed E-state index contributed by atoms with van der Waals surface area (Å²) in [5.41, 5.74) is 1.24. The highest BCUT2D eigenvalue weighted by atomic mass is 16.5. The van der Waals surface area contributed by atoms with Gasteiger partial charge in [-0.25, -0.2) is 0 Å². The van der Waals surface area contributed by atoms with Crippen molar-refractivity contribution in [2.75, 3.05) is 26.9 Å². The maximum atomic E-state index is 5.84. The lowest BCUT2D eigenvalue weighted by atomic mass is 9.90. The molecule has 0 aromatic heterocycles. The van der Waals surface area contributed by atoms with Crippen LogP contribution in [-0.4, -0.2) is 32.9 Å². The van der Waals surface area contributed by atoms with Crippen molar-refractivity contribution in [1.29, 1.82) is 0 Å². The Hall–Kier alpha value is -1.06. The van der Waals surface area contributed by atoms with Crippen molar-refractivity contribution in [3.8, 4) is 5.75 Å². The Morgan fingerprint density at radius 2 is 2.16 bits per heavy atom. The molecule has 1 aliphatic heterocycles. The lowest BCUT2D eigenvalue weighted by Crippen LogP contribution is -2.38. The van der Waals surface area contributed by atoms with Gasteiger partial charge in [-0.2, -0.15) is 0 Å². The van der Waals surface area contributed by atoms with E-state index in [1.807, 2.05) is 19.2 Å². The number of ether oxygens (including phenoxy) is 2. The van der Waals surface area contributed by atoms with Crippen molar-refractivity contribution >= 4 is 0 Å². The highest BCUT2D eigenvalue weighted by molar-refractivity contribution is 5.27. The van der Waals surface area contributed by atoms with E-state index in [-0.39, 0.29) is 0 Å². The van der Waals surface area contributed by atoms with E-state index in [1.165, 1.54) is 5.56 Å². The number of nitrogens with one attached hydrogen (secondary N) is 1. The molecule has 19 heavy (non-hydrogen) atoms. The SMILES string of the molecule is CNC(CCOc1cccc(C)c1)C1CCOCC1. The van der Waals surface area contributed by atoms with Crippen LogP contribution in [0.2, 0.25) is 0 Å². The average molecular weight is 263 g/mol. The van der Waals surface area contributed by atoms with Crippen LogP contribution in [0.5, 0.6) is 5.75 Å². The highest BCUT2D eigenvalue weighted by Gasteiger charge is 2.22. The van der Waals surface area contributed by atoms with E-state index in [2.05, 4.69) is 24.4 Å². The third-order valence-corrected chi connectivity index (χ3v) is 3.89. The molecular formula is C16H25NO2. The van der Waals surface area contributed by atoms with Gasteiger partial charge in [-0.1, -0.05) is 12.1 Å². The molecule has 0 spiro atoms. The topological polar surface area (TPSA) is 30.5 Å². The van der Waals surface area contributed by atoms with Crippen LogP contribution in [0.4, 0.5) is 0 Å². The molecule has 1 aliphatic rings. The van der Waals surface area contributed by atoms with E-state index < -0.39 is 0 Å². The molecule has 1 unspecified atom stereocenters. The van der Waals surface area contributed by atoms with Gasteiger partial charge in [0, 0.05) is 19.3 Å². The lowest BCUT2D eigenvalue weighted by molar-refractivity contribution is 0.0516. The molecule has 106 valence electrons. The fourth-order valence-corrected chi connectivity index (χ4v) is 2.74. The summed E-state index contributed by atoms with van der Waals surface area (Å²) in [5, 5.41) is 3.43. The molecule has 1 aromatic carbocycles. The van der Waals surface area contributed by atoms with Crippen LogP contribution in [-0.2, 0) is 4.74 Å². The van der Waals surface area contributed by atoms with Gasteiger partial charge in [-0.3, -0.25) is 0 Å². The minimum absolute atomic E-state index is 0.536. The van der Waals surface area contributed by atoms with Crippen LogP contribution in [0, 0.1) is 12.8 Å². The van der Waals surface area contributed by atoms with Gasteiger partial charge in [0.1, 0.15) is 5.75 Å². The molecule has 1 atom stereocenters. The van der Waals surface area contributed by atoms with Crippen LogP contribution < -0.4 is 10.1 Å². The smallest absolute Gasteiger partial charge is 0.119 e. The molecule has 1 N–H and O–H groups in total. The minimum Gasteiger partial charge on any atom is -0.494 e. The standard InChI is InChI=1S/C16H25NO2/c1-13-4-3-5-15(12-13)19-11-8-16(17-2)14-6-9-18-10-7-14/h3-5,12,14,16-17H,6-11H2,1-2H3. The molecule has 0 aliphatic carbocycles. The second kappa shape index (κ2) is 7.51. The molecule has 1 aromatic rings. The summed E-state index contributed by atoms with van der Waals surface area (Å²) in [7, 11) is 2.05. The summed E-state index contributed by atoms with van der Waals surface area (Å²) in [4.78, 5) is 0. The quantitative estimate of drug-likeness (QED) is 0.856. The first kappa shape index (κ1) is 14.4. The fourth-order valence-electron chi connectivity index (χ4n) is 2.74. The molecule has 1 saturated heterocycles. The van der Waals surface area contributed by atoms with E-state index in [0.29, 0.717) is 6.04 Å². The van der Waals surface area contributed by atoms with Crippen LogP contribution in [0.1, 0.15) is 24.8 Å². The number of benzene rings is 1. The number of rotatable bonds is 6. The lowest BCUT2D eigenvalue weighted by Gasteiger charge is -2.30. The van der Waals surface area contributed by atoms with Crippen molar-refractivity contribution in [3.63, 3.8) is 0 Å². The van der Waals surface area contributed by atoms with Crippen molar-refractivity contribution < 1.29 is 9.47 Å². The Balaban J connectivity index is 1.76. The maximum absolute atomic E-state index is 5.84. The van der Waals surface area contributed by atoms with Crippen molar-refractivity contribution in [2.24, 2.45) is 5.92 Å². The Bertz CT molecular complexity index is 375. The van der Waals surface area contributed by atoms with Crippen LogP contribution in [0.25, 0.3) is 0 Å². The van der Waals surface area contributed by atoms with Gasteiger partial charge < -0.3 is 14.8 Å². The molecule has 3 nitrogen and oxygen atoms in total. The highest BCUT2D eigenvalue weighted by Crippen LogP contribution is 2.21. The molecule has 0 bridgehead atoms. The third-order valence-electron chi connectivity index (χ3n) is 3.89. The third kappa shape index (κ3) is 4.51. The van der Waals surface area contributed by atoms with Gasteiger partial charge in [0.2, 0.25) is 0 Å². The summed E-state index contributed by atoms with van der Waals surface area (Å²) in [6.07, 6.45) is 3.38. The van der Waals surface area contributed by atoms with Crippen molar-refractivity contribution in [3.05, 3.63) is 29.8 Å². The Morgan fingerprint density at radius 1 is 1.37 bits per heavy atom. The molecule has 0 amide bonds. The van der Waals surface area contributed by atoms with Gasteiger partial charge >= 0.3 is 0 Å². The van der Waals surface area contributed by atoms with Crippen LogP contribution >= 0.6 is 0 Å². The zero-order valence-corrected chi connectivity index (χ0v) is 12.0. The summed E-state index contributed by atoms with van der Waals surface area (Å²) >= 11 is 0. The average Bonchev–Trinajstić information content (AvgIpc) is 2.45. The van der Waals surface area contributed by atoms with E-state index in [1.54, 1.807) is 0 Å². The molecule has 1 fully saturated rings. The zero-order chi connectivity index (χ0) is 13.5. The predicted octanol–water partition coefficient (Wildman–Crippen LogP) is 2.78. The Morgan fingerprint density at radius 3 is 2.84 bits per heavy atom. The van der Waals surface area contributed by atoms with Crippen LogP contribution in [0.15, 0.2) is 24.3 Å². The first-order valence-corrected chi connectivity index (χ1v) is 7.24. The first-order valence-electron chi connectivity index (χ1n) is 7.24. The molecule has 2 rings (SSSR count). The van der Waals surface area contributed by atoms with Gasteiger partial charge in [0.25, 0.3) is 0 Å². The number of hydrogen-bond acceptors (Lipinski definition) is 3. The molecule has 3 heteroatoms. The Kier molecular flexibility index (Phi) is 5.67. The molecular weight excluding hydrogens is 238 g/mol. The van der Waals surface area contributed by atoms with Gasteiger partial charge in [0.15, 0.2) is 0 Å². The molecule has 0 saturated carbocycles. The second-order valence-electron chi connectivity index (χ2n) is 5.30. The predicted molar refractivity (Wildman–Crippen MR) is 77.7 cm³/mol. The maximum Gasteiger partial charge on any atom is 0.119 e. The van der Waals surface area contributed by atoms with E-state index in [0.717, 1.165) is 50.8 Å². The van der Waals surface area contributed by atoms with Crippen molar-refractivity contribution in [2.45, 2.75) is 32.2 Å². The first-order chi connectivity index (χ1) is 9.29.